The van der Waals surface area contributed by atoms with Gasteiger partial charge in [0.1, 0.15) is 0 Å². The Balaban J connectivity index is 1.30. The average molecular weight is 336 g/mol. The number of hydrogen-bond acceptors (Lipinski definition) is 3. The highest BCUT2D eigenvalue weighted by molar-refractivity contribution is 5.83. The first-order valence-electron chi connectivity index (χ1n) is 9.27. The maximum atomic E-state index is 6.08. The molecule has 2 aromatic rings. The fourth-order valence-corrected chi connectivity index (χ4v) is 4.95. The lowest BCUT2D eigenvalue weighted by Crippen LogP contribution is -2.41. The Hall–Kier alpha value is -2.14. The van der Waals surface area contributed by atoms with E-state index in [-0.39, 0.29) is 0 Å². The van der Waals surface area contributed by atoms with Gasteiger partial charge in [0.05, 0.1) is 17.7 Å². The number of nitrogens with one attached hydrogen (secondary N) is 1. The molecule has 5 heteroatoms. The number of para-hydroxylation sites is 1. The number of likely N-dealkylation sites (tertiary alicyclic amines) is 1. The van der Waals surface area contributed by atoms with Crippen molar-refractivity contribution in [2.45, 2.75) is 31.6 Å². The van der Waals surface area contributed by atoms with Crippen LogP contribution in [0, 0.1) is 11.8 Å². The molecule has 0 amide bonds. The molecule has 5 nitrogen and oxygen atoms in total. The lowest BCUT2D eigenvalue weighted by atomic mass is 9.82. The molecule has 4 heterocycles. The van der Waals surface area contributed by atoms with Gasteiger partial charge in [0.15, 0.2) is 5.96 Å². The first-order valence-corrected chi connectivity index (χ1v) is 9.27. The summed E-state index contributed by atoms with van der Waals surface area (Å²) < 4.78 is 6.08. The van der Waals surface area contributed by atoms with Crippen LogP contribution in [-0.4, -0.2) is 48.2 Å². The number of aromatic nitrogens is 1. The molecule has 0 radical (unpaired) electrons. The van der Waals surface area contributed by atoms with Gasteiger partial charge in [-0.05, 0) is 24.5 Å². The molecule has 25 heavy (non-hydrogen) atoms. The van der Waals surface area contributed by atoms with Crippen molar-refractivity contribution in [2.24, 2.45) is 16.8 Å². The molecule has 3 aliphatic rings. The van der Waals surface area contributed by atoms with E-state index in [2.05, 4.69) is 44.5 Å². The summed E-state index contributed by atoms with van der Waals surface area (Å²) in [4.78, 5) is 11.5. The quantitative estimate of drug-likeness (QED) is 0.676. The summed E-state index contributed by atoms with van der Waals surface area (Å²) in [7, 11) is 1.88. The highest BCUT2D eigenvalue weighted by atomic mass is 16.5. The SMILES string of the molecule is CN=C(NCc1cccc2cccnc12)N1CC2C3CCC(O3)C2C1. The Kier molecular flexibility index (Phi) is 3.63. The van der Waals surface area contributed by atoms with Gasteiger partial charge < -0.3 is 15.0 Å². The standard InChI is InChI=1S/C20H24N4O/c1-21-20(24-11-15-16(12-24)18-8-7-17(15)25-18)23-10-14-5-2-4-13-6-3-9-22-19(13)14/h2-6,9,15-18H,7-8,10-12H2,1H3,(H,21,23). The number of hydrogen-bond donors (Lipinski definition) is 1. The van der Waals surface area contributed by atoms with Crippen molar-refractivity contribution in [3.05, 3.63) is 42.1 Å². The average Bonchev–Trinajstić information content (AvgIpc) is 3.35. The van der Waals surface area contributed by atoms with E-state index >= 15 is 0 Å². The maximum absolute atomic E-state index is 6.08. The molecular weight excluding hydrogens is 312 g/mol. The van der Waals surface area contributed by atoms with E-state index in [9.17, 15) is 0 Å². The second kappa shape index (κ2) is 5.99. The van der Waals surface area contributed by atoms with E-state index in [1.807, 2.05) is 19.3 Å². The van der Waals surface area contributed by atoms with Crippen LogP contribution in [0.1, 0.15) is 18.4 Å². The van der Waals surface area contributed by atoms with E-state index < -0.39 is 0 Å². The van der Waals surface area contributed by atoms with Gasteiger partial charge in [-0.15, -0.1) is 0 Å². The summed E-state index contributed by atoms with van der Waals surface area (Å²) in [5, 5.41) is 4.74. The van der Waals surface area contributed by atoms with Gasteiger partial charge in [0, 0.05) is 50.1 Å². The molecule has 4 atom stereocenters. The van der Waals surface area contributed by atoms with Crippen molar-refractivity contribution < 1.29 is 4.74 Å². The molecule has 3 aliphatic heterocycles. The third kappa shape index (κ3) is 2.49. The number of benzene rings is 1. The lowest BCUT2D eigenvalue weighted by Gasteiger charge is -2.23. The summed E-state index contributed by atoms with van der Waals surface area (Å²) in [6.07, 6.45) is 5.32. The third-order valence-electron chi connectivity index (χ3n) is 6.12. The van der Waals surface area contributed by atoms with Crippen molar-refractivity contribution in [1.82, 2.24) is 15.2 Å². The third-order valence-corrected chi connectivity index (χ3v) is 6.12. The van der Waals surface area contributed by atoms with Crippen LogP contribution in [0.25, 0.3) is 10.9 Å². The molecule has 4 unspecified atom stereocenters. The highest BCUT2D eigenvalue weighted by Gasteiger charge is 2.53. The summed E-state index contributed by atoms with van der Waals surface area (Å²) in [5.74, 6) is 2.38. The zero-order chi connectivity index (χ0) is 16.8. The van der Waals surface area contributed by atoms with Crippen molar-refractivity contribution in [3.63, 3.8) is 0 Å². The van der Waals surface area contributed by atoms with Gasteiger partial charge in [-0.3, -0.25) is 9.98 Å². The zero-order valence-corrected chi connectivity index (χ0v) is 14.6. The molecule has 1 aromatic carbocycles. The minimum atomic E-state index is 0.486. The maximum Gasteiger partial charge on any atom is 0.193 e. The first-order chi connectivity index (χ1) is 12.3. The van der Waals surface area contributed by atoms with Gasteiger partial charge in [-0.1, -0.05) is 24.3 Å². The predicted molar refractivity (Wildman–Crippen MR) is 98.4 cm³/mol. The molecule has 1 aromatic heterocycles. The van der Waals surface area contributed by atoms with Crippen LogP contribution in [0.3, 0.4) is 0 Å². The molecule has 3 fully saturated rings. The monoisotopic (exact) mass is 336 g/mol. The van der Waals surface area contributed by atoms with E-state index in [1.54, 1.807) is 0 Å². The summed E-state index contributed by atoms with van der Waals surface area (Å²) in [5.41, 5.74) is 2.28. The van der Waals surface area contributed by atoms with Crippen LogP contribution in [0.15, 0.2) is 41.5 Å². The first kappa shape index (κ1) is 15.1. The topological polar surface area (TPSA) is 49.8 Å². The number of rotatable bonds is 2. The van der Waals surface area contributed by atoms with Crippen LogP contribution in [0.5, 0.6) is 0 Å². The van der Waals surface area contributed by atoms with Crippen molar-refractivity contribution in [2.75, 3.05) is 20.1 Å². The van der Waals surface area contributed by atoms with E-state index in [4.69, 9.17) is 4.74 Å². The van der Waals surface area contributed by atoms with Crippen molar-refractivity contribution in [3.8, 4) is 0 Å². The number of ether oxygens (including phenoxy) is 1. The molecule has 130 valence electrons. The number of nitrogens with zero attached hydrogens (tertiary/aromatic N) is 3. The largest absolute Gasteiger partial charge is 0.374 e. The fourth-order valence-electron chi connectivity index (χ4n) is 4.95. The van der Waals surface area contributed by atoms with Crippen molar-refractivity contribution >= 4 is 16.9 Å². The van der Waals surface area contributed by atoms with Crippen LogP contribution >= 0.6 is 0 Å². The smallest absolute Gasteiger partial charge is 0.193 e. The molecule has 1 N–H and O–H groups in total. The Bertz CT molecular complexity index is 797. The van der Waals surface area contributed by atoms with Crippen LogP contribution in [-0.2, 0) is 11.3 Å². The normalized spacial score (nSPS) is 30.9. The number of pyridine rings is 1. The zero-order valence-electron chi connectivity index (χ0n) is 14.6. The number of fused-ring (bicyclic) bond motifs is 6. The van der Waals surface area contributed by atoms with E-state index in [0.29, 0.717) is 24.0 Å². The van der Waals surface area contributed by atoms with Gasteiger partial charge >= 0.3 is 0 Å². The highest BCUT2D eigenvalue weighted by Crippen LogP contribution is 2.47. The summed E-state index contributed by atoms with van der Waals surface area (Å²) >= 11 is 0. The summed E-state index contributed by atoms with van der Waals surface area (Å²) in [6, 6.07) is 10.4. The Morgan fingerprint density at radius 3 is 2.72 bits per heavy atom. The molecule has 0 aliphatic carbocycles. The lowest BCUT2D eigenvalue weighted by molar-refractivity contribution is 0.0767. The Morgan fingerprint density at radius 1 is 1.20 bits per heavy atom. The minimum Gasteiger partial charge on any atom is -0.374 e. The number of aliphatic imine (C=N–C) groups is 1. The second-order valence-corrected chi connectivity index (χ2v) is 7.42. The van der Waals surface area contributed by atoms with Crippen LogP contribution in [0.2, 0.25) is 0 Å². The predicted octanol–water partition coefficient (Wildman–Crippen LogP) is 2.42. The van der Waals surface area contributed by atoms with Crippen molar-refractivity contribution in [1.29, 1.82) is 0 Å². The van der Waals surface area contributed by atoms with Crippen LogP contribution in [0.4, 0.5) is 0 Å². The molecule has 0 saturated carbocycles. The Morgan fingerprint density at radius 2 is 1.96 bits per heavy atom. The van der Waals surface area contributed by atoms with E-state index in [0.717, 1.165) is 31.1 Å². The molecule has 0 spiro atoms. The number of guanidine groups is 1. The van der Waals surface area contributed by atoms with Gasteiger partial charge in [-0.25, -0.2) is 0 Å². The van der Waals surface area contributed by atoms with Crippen LogP contribution < -0.4 is 5.32 Å². The van der Waals surface area contributed by atoms with Gasteiger partial charge in [0.2, 0.25) is 0 Å². The molecular formula is C20H24N4O. The summed E-state index contributed by atoms with van der Waals surface area (Å²) in [6.45, 7) is 2.88. The fraction of sp³-hybridized carbons (Fsp3) is 0.500. The minimum absolute atomic E-state index is 0.486. The van der Waals surface area contributed by atoms with E-state index in [1.165, 1.54) is 23.8 Å². The molecule has 5 rings (SSSR count). The Labute approximate surface area is 148 Å². The van der Waals surface area contributed by atoms with Gasteiger partial charge in [-0.2, -0.15) is 0 Å². The molecule has 3 saturated heterocycles. The second-order valence-electron chi connectivity index (χ2n) is 7.42. The van der Waals surface area contributed by atoms with Gasteiger partial charge in [0.25, 0.3) is 0 Å². The molecule has 2 bridgehead atoms.